The smallest absolute Gasteiger partial charge is 0.265 e. The van der Waals surface area contributed by atoms with Gasteiger partial charge >= 0.3 is 0 Å². The number of carbonyl (C=O) groups excluding carboxylic acids is 1. The third-order valence-electron chi connectivity index (χ3n) is 3.45. The SMILES string of the molecule is CNc1nc(N)c(C(=O)NCC(C)N(C)C2CC2)s1. The molecular formula is C12H21N5OS. The molecule has 1 fully saturated rings. The van der Waals surface area contributed by atoms with Crippen LogP contribution in [0.1, 0.15) is 29.4 Å². The minimum absolute atomic E-state index is 0.146. The zero-order valence-electron chi connectivity index (χ0n) is 11.6. The fraction of sp³-hybridized carbons (Fsp3) is 0.667. The Balaban J connectivity index is 1.87. The van der Waals surface area contributed by atoms with E-state index < -0.39 is 0 Å². The van der Waals surface area contributed by atoms with Crippen molar-refractivity contribution in [2.24, 2.45) is 0 Å². The van der Waals surface area contributed by atoms with Crippen LogP contribution in [0.4, 0.5) is 10.9 Å². The molecule has 1 aromatic rings. The minimum Gasteiger partial charge on any atom is -0.382 e. The fourth-order valence-corrected chi connectivity index (χ4v) is 2.66. The van der Waals surface area contributed by atoms with Gasteiger partial charge in [0.15, 0.2) is 5.13 Å². The van der Waals surface area contributed by atoms with E-state index in [9.17, 15) is 4.79 Å². The van der Waals surface area contributed by atoms with E-state index in [2.05, 4.69) is 34.5 Å². The quantitative estimate of drug-likeness (QED) is 0.725. The Morgan fingerprint density at radius 1 is 1.63 bits per heavy atom. The summed E-state index contributed by atoms with van der Waals surface area (Å²) in [4.78, 5) is 18.9. The molecule has 0 radical (unpaired) electrons. The van der Waals surface area contributed by atoms with Crippen molar-refractivity contribution in [3.63, 3.8) is 0 Å². The lowest BCUT2D eigenvalue weighted by molar-refractivity contribution is 0.0944. The number of anilines is 2. The molecule has 1 heterocycles. The van der Waals surface area contributed by atoms with E-state index in [0.29, 0.717) is 28.6 Å². The van der Waals surface area contributed by atoms with Gasteiger partial charge in [0.1, 0.15) is 10.7 Å². The maximum atomic E-state index is 12.0. The molecule has 1 aliphatic rings. The molecule has 4 N–H and O–H groups in total. The van der Waals surface area contributed by atoms with Gasteiger partial charge in [0.2, 0.25) is 0 Å². The molecule has 19 heavy (non-hydrogen) atoms. The van der Waals surface area contributed by atoms with Gasteiger partial charge < -0.3 is 16.4 Å². The summed E-state index contributed by atoms with van der Waals surface area (Å²) in [6.45, 7) is 2.74. The summed E-state index contributed by atoms with van der Waals surface area (Å²) < 4.78 is 0. The number of rotatable bonds is 6. The van der Waals surface area contributed by atoms with Gasteiger partial charge in [-0.05, 0) is 26.8 Å². The zero-order valence-corrected chi connectivity index (χ0v) is 12.4. The number of nitrogen functional groups attached to an aromatic ring is 1. The van der Waals surface area contributed by atoms with Crippen molar-refractivity contribution in [3.8, 4) is 0 Å². The number of nitrogens with one attached hydrogen (secondary N) is 2. The highest BCUT2D eigenvalue weighted by Gasteiger charge is 2.29. The van der Waals surface area contributed by atoms with Gasteiger partial charge in [0.25, 0.3) is 5.91 Å². The maximum Gasteiger partial charge on any atom is 0.265 e. The number of carbonyl (C=O) groups is 1. The highest BCUT2D eigenvalue weighted by Crippen LogP contribution is 2.27. The van der Waals surface area contributed by atoms with E-state index in [4.69, 9.17) is 5.73 Å². The summed E-state index contributed by atoms with van der Waals surface area (Å²) in [5.74, 6) is 0.141. The molecule has 0 spiro atoms. The lowest BCUT2D eigenvalue weighted by atomic mass is 10.3. The summed E-state index contributed by atoms with van der Waals surface area (Å²) in [6, 6.07) is 1.02. The van der Waals surface area contributed by atoms with Crippen LogP contribution in [0.3, 0.4) is 0 Å². The number of aromatic nitrogens is 1. The van der Waals surface area contributed by atoms with Crippen LogP contribution < -0.4 is 16.4 Å². The number of amides is 1. The predicted molar refractivity (Wildman–Crippen MR) is 78.7 cm³/mol. The fourth-order valence-electron chi connectivity index (χ4n) is 1.91. The molecule has 0 aliphatic heterocycles. The van der Waals surface area contributed by atoms with Crippen LogP contribution >= 0.6 is 11.3 Å². The van der Waals surface area contributed by atoms with Gasteiger partial charge in [-0.25, -0.2) is 4.98 Å². The van der Waals surface area contributed by atoms with Gasteiger partial charge in [0.05, 0.1) is 0 Å². The van der Waals surface area contributed by atoms with E-state index in [1.165, 1.54) is 24.2 Å². The van der Waals surface area contributed by atoms with Crippen molar-refractivity contribution in [2.45, 2.75) is 31.8 Å². The molecule has 1 saturated carbocycles. The molecule has 0 saturated heterocycles. The average Bonchev–Trinajstić information content (AvgIpc) is 3.17. The minimum atomic E-state index is -0.146. The third kappa shape index (κ3) is 3.36. The highest BCUT2D eigenvalue weighted by atomic mass is 32.1. The van der Waals surface area contributed by atoms with Crippen LogP contribution in [0.15, 0.2) is 0 Å². The van der Waals surface area contributed by atoms with Gasteiger partial charge in [-0.15, -0.1) is 0 Å². The Morgan fingerprint density at radius 3 is 2.84 bits per heavy atom. The summed E-state index contributed by atoms with van der Waals surface area (Å²) in [6.07, 6.45) is 2.53. The number of nitrogens with zero attached hydrogens (tertiary/aromatic N) is 2. The molecule has 0 aromatic carbocycles. The zero-order chi connectivity index (χ0) is 14.0. The van der Waals surface area contributed by atoms with E-state index in [-0.39, 0.29) is 11.7 Å². The topological polar surface area (TPSA) is 83.3 Å². The van der Waals surface area contributed by atoms with Gasteiger partial charge in [-0.3, -0.25) is 9.69 Å². The van der Waals surface area contributed by atoms with Crippen molar-refractivity contribution >= 4 is 28.2 Å². The van der Waals surface area contributed by atoms with Crippen molar-refractivity contribution in [3.05, 3.63) is 4.88 Å². The van der Waals surface area contributed by atoms with E-state index >= 15 is 0 Å². The Hall–Kier alpha value is -1.34. The molecular weight excluding hydrogens is 262 g/mol. The molecule has 1 amide bonds. The van der Waals surface area contributed by atoms with Crippen LogP contribution in [0.2, 0.25) is 0 Å². The second-order valence-corrected chi connectivity index (χ2v) is 5.94. The lowest BCUT2D eigenvalue weighted by Gasteiger charge is -2.24. The van der Waals surface area contributed by atoms with Gasteiger partial charge in [0, 0.05) is 25.7 Å². The molecule has 6 nitrogen and oxygen atoms in total. The standard InChI is InChI=1S/C12H21N5OS/c1-7(17(3)8-4-5-8)6-15-11(18)9-10(13)16-12(14-2)19-9/h7-8H,4-6,13H2,1-3H3,(H,14,16)(H,15,18). The van der Waals surface area contributed by atoms with Crippen LogP contribution in [-0.2, 0) is 0 Å². The maximum absolute atomic E-state index is 12.0. The monoisotopic (exact) mass is 283 g/mol. The molecule has 7 heteroatoms. The van der Waals surface area contributed by atoms with E-state index in [1.807, 2.05) is 0 Å². The summed E-state index contributed by atoms with van der Waals surface area (Å²) in [5.41, 5.74) is 5.73. The Labute approximate surface area is 117 Å². The molecule has 1 unspecified atom stereocenters. The largest absolute Gasteiger partial charge is 0.382 e. The highest BCUT2D eigenvalue weighted by molar-refractivity contribution is 7.18. The lowest BCUT2D eigenvalue weighted by Crippen LogP contribution is -2.41. The number of thiazole rings is 1. The van der Waals surface area contributed by atoms with Crippen LogP contribution in [0.5, 0.6) is 0 Å². The Morgan fingerprint density at radius 2 is 2.32 bits per heavy atom. The van der Waals surface area contributed by atoms with Crippen LogP contribution in [0, 0.1) is 0 Å². The summed E-state index contributed by atoms with van der Waals surface area (Å²) in [7, 11) is 3.86. The predicted octanol–water partition coefficient (Wildman–Crippen LogP) is 0.980. The molecule has 0 bridgehead atoms. The van der Waals surface area contributed by atoms with Crippen molar-refractivity contribution < 1.29 is 4.79 Å². The van der Waals surface area contributed by atoms with Crippen LogP contribution in [0.25, 0.3) is 0 Å². The number of hydrogen-bond acceptors (Lipinski definition) is 6. The third-order valence-corrected chi connectivity index (χ3v) is 4.54. The normalized spacial score (nSPS) is 16.4. The van der Waals surface area contributed by atoms with Crippen molar-refractivity contribution in [1.82, 2.24) is 15.2 Å². The first-order chi connectivity index (χ1) is 9.02. The molecule has 2 rings (SSSR count). The molecule has 1 atom stereocenters. The average molecular weight is 283 g/mol. The number of likely N-dealkylation sites (N-methyl/N-ethyl adjacent to an activating group) is 1. The molecule has 1 aliphatic carbocycles. The van der Waals surface area contributed by atoms with Gasteiger partial charge in [-0.2, -0.15) is 0 Å². The second-order valence-electron chi connectivity index (χ2n) is 4.94. The number of nitrogens with two attached hydrogens (primary N) is 1. The summed E-state index contributed by atoms with van der Waals surface area (Å²) >= 11 is 1.27. The van der Waals surface area contributed by atoms with Crippen LogP contribution in [-0.4, -0.2) is 48.5 Å². The Bertz CT molecular complexity index is 457. The first-order valence-electron chi connectivity index (χ1n) is 6.47. The molecule has 1 aromatic heterocycles. The van der Waals surface area contributed by atoms with Gasteiger partial charge in [-0.1, -0.05) is 11.3 Å². The molecule has 106 valence electrons. The Kier molecular flexibility index (Phi) is 4.26. The van der Waals surface area contributed by atoms with E-state index in [0.717, 1.165) is 0 Å². The first kappa shape index (κ1) is 14.1. The number of hydrogen-bond donors (Lipinski definition) is 3. The van der Waals surface area contributed by atoms with Crippen molar-refractivity contribution in [2.75, 3.05) is 31.7 Å². The van der Waals surface area contributed by atoms with E-state index in [1.54, 1.807) is 7.05 Å². The first-order valence-corrected chi connectivity index (χ1v) is 7.28. The second kappa shape index (κ2) is 5.75. The van der Waals surface area contributed by atoms with Crippen molar-refractivity contribution in [1.29, 1.82) is 0 Å². The summed E-state index contributed by atoms with van der Waals surface area (Å²) in [5, 5.41) is 6.47.